The number of benzene rings is 1. The number of ether oxygens (including phenoxy) is 1. The quantitative estimate of drug-likeness (QED) is 0.886. The van der Waals surface area contributed by atoms with Gasteiger partial charge in [-0.15, -0.1) is 0 Å². The van der Waals surface area contributed by atoms with Crippen LogP contribution in [0.1, 0.15) is 58.4 Å². The second-order valence-corrected chi connectivity index (χ2v) is 7.42. The molecule has 3 amide bonds. The molecule has 1 aromatic carbocycles. The number of imide groups is 1. The number of urea groups is 1. The lowest BCUT2D eigenvalue weighted by molar-refractivity contribution is -0.122. The van der Waals surface area contributed by atoms with Crippen LogP contribution in [0.25, 0.3) is 0 Å². The van der Waals surface area contributed by atoms with Gasteiger partial charge >= 0.3 is 6.03 Å². The van der Waals surface area contributed by atoms with Crippen molar-refractivity contribution in [1.29, 1.82) is 0 Å². The van der Waals surface area contributed by atoms with E-state index in [0.29, 0.717) is 5.75 Å². The van der Waals surface area contributed by atoms with Gasteiger partial charge in [0.1, 0.15) is 5.75 Å². The van der Waals surface area contributed by atoms with Crippen LogP contribution in [0.15, 0.2) is 24.3 Å². The molecule has 2 N–H and O–H groups in total. The molecule has 132 valence electrons. The summed E-state index contributed by atoms with van der Waals surface area (Å²) in [6.45, 7) is 6.25. The normalized spacial score (nSPS) is 15.6. The van der Waals surface area contributed by atoms with Crippen molar-refractivity contribution in [2.24, 2.45) is 0 Å². The smallest absolute Gasteiger partial charge is 0.321 e. The molecule has 1 fully saturated rings. The lowest BCUT2D eigenvalue weighted by Gasteiger charge is -2.22. The van der Waals surface area contributed by atoms with Gasteiger partial charge in [0.15, 0.2) is 6.61 Å². The number of rotatable bonds is 4. The van der Waals surface area contributed by atoms with Crippen molar-refractivity contribution in [3.8, 4) is 5.75 Å². The summed E-state index contributed by atoms with van der Waals surface area (Å²) < 4.78 is 5.43. The molecule has 0 aliphatic heterocycles. The third-order valence-electron chi connectivity index (χ3n) is 4.28. The second-order valence-electron chi connectivity index (χ2n) is 7.42. The Morgan fingerprint density at radius 1 is 1.08 bits per heavy atom. The van der Waals surface area contributed by atoms with Gasteiger partial charge in [-0.3, -0.25) is 10.1 Å². The Morgan fingerprint density at radius 3 is 2.29 bits per heavy atom. The number of nitrogens with one attached hydrogen (secondary N) is 2. The fourth-order valence-electron chi connectivity index (χ4n) is 2.83. The Hall–Kier alpha value is -2.04. The first kappa shape index (κ1) is 18.3. The van der Waals surface area contributed by atoms with Gasteiger partial charge in [-0.05, 0) is 36.0 Å². The average molecular weight is 332 g/mol. The van der Waals surface area contributed by atoms with Crippen LogP contribution >= 0.6 is 0 Å². The van der Waals surface area contributed by atoms with Crippen molar-refractivity contribution in [1.82, 2.24) is 10.6 Å². The van der Waals surface area contributed by atoms with Gasteiger partial charge in [0.2, 0.25) is 0 Å². The SMILES string of the molecule is CC(C)(C)c1ccc(OCC(=O)NC(=O)NC2CCCCC2)cc1. The van der Waals surface area contributed by atoms with Crippen LogP contribution in [-0.4, -0.2) is 24.6 Å². The van der Waals surface area contributed by atoms with Gasteiger partial charge in [0.25, 0.3) is 5.91 Å². The summed E-state index contributed by atoms with van der Waals surface area (Å²) in [5, 5.41) is 5.16. The van der Waals surface area contributed by atoms with Gasteiger partial charge in [-0.2, -0.15) is 0 Å². The van der Waals surface area contributed by atoms with E-state index in [9.17, 15) is 9.59 Å². The summed E-state index contributed by atoms with van der Waals surface area (Å²) in [5.41, 5.74) is 1.28. The molecule has 0 atom stereocenters. The van der Waals surface area contributed by atoms with Crippen LogP contribution in [0.3, 0.4) is 0 Å². The fourth-order valence-corrected chi connectivity index (χ4v) is 2.83. The summed E-state index contributed by atoms with van der Waals surface area (Å²) in [6.07, 6.45) is 5.45. The summed E-state index contributed by atoms with van der Waals surface area (Å²) in [6, 6.07) is 7.41. The predicted molar refractivity (Wildman–Crippen MR) is 94.2 cm³/mol. The molecule has 1 saturated carbocycles. The van der Waals surface area contributed by atoms with E-state index in [1.165, 1.54) is 12.0 Å². The van der Waals surface area contributed by atoms with Gasteiger partial charge in [0, 0.05) is 6.04 Å². The van der Waals surface area contributed by atoms with E-state index in [4.69, 9.17) is 4.74 Å². The summed E-state index contributed by atoms with van der Waals surface area (Å²) >= 11 is 0. The molecule has 0 unspecified atom stereocenters. The van der Waals surface area contributed by atoms with E-state index in [1.54, 1.807) is 0 Å². The van der Waals surface area contributed by atoms with E-state index in [2.05, 4.69) is 31.4 Å². The molecule has 5 heteroatoms. The van der Waals surface area contributed by atoms with Gasteiger partial charge in [0.05, 0.1) is 0 Å². The standard InChI is InChI=1S/C19H28N2O3/c1-19(2,3)14-9-11-16(12-10-14)24-13-17(22)21-18(23)20-15-7-5-4-6-8-15/h9-12,15H,4-8,13H2,1-3H3,(H2,20,21,22,23). The molecule has 1 aromatic rings. The maximum Gasteiger partial charge on any atom is 0.321 e. The maximum absolute atomic E-state index is 11.8. The third kappa shape index (κ3) is 5.87. The highest BCUT2D eigenvalue weighted by molar-refractivity contribution is 5.95. The molecule has 5 nitrogen and oxygen atoms in total. The fraction of sp³-hybridized carbons (Fsp3) is 0.579. The minimum Gasteiger partial charge on any atom is -0.484 e. The zero-order valence-electron chi connectivity index (χ0n) is 14.9. The van der Waals surface area contributed by atoms with Crippen molar-refractivity contribution in [2.45, 2.75) is 64.3 Å². The average Bonchev–Trinajstić information content (AvgIpc) is 2.53. The molecule has 1 aliphatic carbocycles. The first-order chi connectivity index (χ1) is 11.3. The van der Waals surface area contributed by atoms with E-state index in [1.807, 2.05) is 24.3 Å². The Labute approximate surface area is 144 Å². The van der Waals surface area contributed by atoms with Crippen molar-refractivity contribution in [2.75, 3.05) is 6.61 Å². The highest BCUT2D eigenvalue weighted by Crippen LogP contribution is 2.24. The van der Waals surface area contributed by atoms with Crippen molar-refractivity contribution in [3.05, 3.63) is 29.8 Å². The Morgan fingerprint density at radius 2 is 1.71 bits per heavy atom. The number of amides is 3. The summed E-state index contributed by atoms with van der Waals surface area (Å²) in [4.78, 5) is 23.6. The molecule has 2 rings (SSSR count). The number of hydrogen-bond acceptors (Lipinski definition) is 3. The molecule has 0 saturated heterocycles. The van der Waals surface area contributed by atoms with Gasteiger partial charge in [-0.1, -0.05) is 52.2 Å². The minimum atomic E-state index is -0.441. The van der Waals surface area contributed by atoms with Gasteiger partial charge in [-0.25, -0.2) is 4.79 Å². The van der Waals surface area contributed by atoms with Crippen molar-refractivity contribution in [3.63, 3.8) is 0 Å². The van der Waals surface area contributed by atoms with Crippen molar-refractivity contribution >= 4 is 11.9 Å². The largest absolute Gasteiger partial charge is 0.484 e. The van der Waals surface area contributed by atoms with E-state index < -0.39 is 11.9 Å². The Bertz CT molecular complexity index is 555. The first-order valence-corrected chi connectivity index (χ1v) is 8.68. The first-order valence-electron chi connectivity index (χ1n) is 8.68. The number of carbonyl (C=O) groups is 2. The number of hydrogen-bond donors (Lipinski definition) is 2. The molecular formula is C19H28N2O3. The number of carbonyl (C=O) groups excluding carboxylic acids is 2. The van der Waals surface area contributed by atoms with Crippen LogP contribution in [0, 0.1) is 0 Å². The molecule has 0 spiro atoms. The van der Waals surface area contributed by atoms with E-state index in [0.717, 1.165) is 25.7 Å². The molecule has 1 aliphatic rings. The Balaban J connectivity index is 1.73. The molecule has 0 heterocycles. The third-order valence-corrected chi connectivity index (χ3v) is 4.28. The zero-order chi connectivity index (χ0) is 17.6. The van der Waals surface area contributed by atoms with E-state index >= 15 is 0 Å². The maximum atomic E-state index is 11.8. The molecule has 24 heavy (non-hydrogen) atoms. The molecule has 0 bridgehead atoms. The van der Waals surface area contributed by atoms with E-state index in [-0.39, 0.29) is 18.1 Å². The van der Waals surface area contributed by atoms with Crippen LogP contribution in [0.2, 0.25) is 0 Å². The van der Waals surface area contributed by atoms with Crippen LogP contribution in [-0.2, 0) is 10.2 Å². The zero-order valence-corrected chi connectivity index (χ0v) is 14.9. The summed E-state index contributed by atoms with van der Waals surface area (Å²) in [7, 11) is 0. The highest BCUT2D eigenvalue weighted by atomic mass is 16.5. The second kappa shape index (κ2) is 8.18. The van der Waals surface area contributed by atoms with Crippen molar-refractivity contribution < 1.29 is 14.3 Å². The minimum absolute atomic E-state index is 0.0765. The van der Waals surface area contributed by atoms with Gasteiger partial charge < -0.3 is 10.1 Å². The lowest BCUT2D eigenvalue weighted by atomic mass is 9.87. The molecule has 0 radical (unpaired) electrons. The Kier molecular flexibility index (Phi) is 6.23. The van der Waals surface area contributed by atoms with Crippen LogP contribution in [0.4, 0.5) is 4.79 Å². The summed E-state index contributed by atoms with van der Waals surface area (Å²) in [5.74, 6) is 0.175. The monoisotopic (exact) mass is 332 g/mol. The lowest BCUT2D eigenvalue weighted by Crippen LogP contribution is -2.46. The predicted octanol–water partition coefficient (Wildman–Crippen LogP) is 3.52. The topological polar surface area (TPSA) is 67.4 Å². The van der Waals surface area contributed by atoms with Crippen LogP contribution < -0.4 is 15.4 Å². The molecule has 0 aromatic heterocycles. The molecular weight excluding hydrogens is 304 g/mol. The highest BCUT2D eigenvalue weighted by Gasteiger charge is 2.17. The van der Waals surface area contributed by atoms with Crippen LogP contribution in [0.5, 0.6) is 5.75 Å².